The van der Waals surface area contributed by atoms with Gasteiger partial charge in [0, 0.05) is 5.56 Å². The predicted octanol–water partition coefficient (Wildman–Crippen LogP) is 5.88. The van der Waals surface area contributed by atoms with Gasteiger partial charge in [-0.1, -0.05) is 60.7 Å². The van der Waals surface area contributed by atoms with Crippen molar-refractivity contribution in [3.8, 4) is 28.0 Å². The van der Waals surface area contributed by atoms with E-state index in [-0.39, 0.29) is 11.5 Å². The lowest BCUT2D eigenvalue weighted by molar-refractivity contribution is 0.0697. The number of ether oxygens (including phenoxy) is 1. The maximum atomic E-state index is 13.4. The highest BCUT2D eigenvalue weighted by Gasteiger charge is 2.23. The van der Waals surface area contributed by atoms with Gasteiger partial charge in [-0.3, -0.25) is 4.79 Å². The minimum atomic E-state index is -1.04. The van der Waals surface area contributed by atoms with E-state index in [1.807, 2.05) is 24.3 Å². The maximum absolute atomic E-state index is 13.4. The van der Waals surface area contributed by atoms with Crippen LogP contribution in [0.3, 0.4) is 0 Å². The van der Waals surface area contributed by atoms with Crippen molar-refractivity contribution in [2.45, 2.75) is 6.42 Å². The molecule has 162 valence electrons. The zero-order valence-electron chi connectivity index (χ0n) is 18.0. The Morgan fingerprint density at radius 2 is 1.36 bits per heavy atom. The van der Waals surface area contributed by atoms with E-state index in [2.05, 4.69) is 17.4 Å². The van der Waals surface area contributed by atoms with Gasteiger partial charge in [-0.25, -0.2) is 4.79 Å². The molecule has 4 aromatic carbocycles. The number of anilines is 1. The van der Waals surface area contributed by atoms with Gasteiger partial charge in [-0.15, -0.1) is 0 Å². The first-order valence-electron chi connectivity index (χ1n) is 10.6. The number of methoxy groups -OCH3 is 1. The van der Waals surface area contributed by atoms with Crippen LogP contribution in [0.25, 0.3) is 22.3 Å². The second-order valence-corrected chi connectivity index (χ2v) is 7.89. The number of fused-ring (bicyclic) bond motifs is 3. The van der Waals surface area contributed by atoms with Crippen LogP contribution in [0.4, 0.5) is 5.69 Å². The van der Waals surface area contributed by atoms with E-state index in [9.17, 15) is 14.7 Å². The molecule has 5 heteroatoms. The molecule has 0 saturated heterocycles. The monoisotopic (exact) mass is 435 g/mol. The van der Waals surface area contributed by atoms with Crippen LogP contribution in [0.2, 0.25) is 0 Å². The number of carboxylic acid groups (broad SMARTS) is 1. The van der Waals surface area contributed by atoms with Crippen LogP contribution in [0.1, 0.15) is 31.8 Å². The molecule has 0 aliphatic heterocycles. The Hall–Kier alpha value is -4.38. The molecule has 5 nitrogen and oxygen atoms in total. The van der Waals surface area contributed by atoms with Crippen LogP contribution >= 0.6 is 0 Å². The van der Waals surface area contributed by atoms with Crippen molar-refractivity contribution >= 4 is 17.6 Å². The first-order valence-corrected chi connectivity index (χ1v) is 10.6. The largest absolute Gasteiger partial charge is 0.495 e. The Balaban J connectivity index is 1.55. The minimum absolute atomic E-state index is 0.143. The SMILES string of the molecule is COc1cc2c(cc1NC(=O)c1ccccc1-c1ccccc1C(=O)O)-c1ccccc1C2. The molecule has 0 atom stereocenters. The standard InChI is InChI=1S/C28H21NO4/c1-33-26-15-18-14-17-8-2-3-9-19(17)24(18)16-25(26)29-27(30)22-12-6-4-10-20(22)21-11-5-7-13-23(21)28(31)32/h2-13,15-16H,14H2,1H3,(H,29,30)(H,31,32). The van der Waals surface area contributed by atoms with Gasteiger partial charge in [0.25, 0.3) is 5.91 Å². The zero-order chi connectivity index (χ0) is 22.9. The molecule has 0 saturated carbocycles. The molecule has 4 aromatic rings. The average molecular weight is 435 g/mol. The molecule has 0 bridgehead atoms. The van der Waals surface area contributed by atoms with Gasteiger partial charge >= 0.3 is 5.97 Å². The summed E-state index contributed by atoms with van der Waals surface area (Å²) in [6.07, 6.45) is 0.824. The highest BCUT2D eigenvalue weighted by molar-refractivity contribution is 6.11. The summed E-state index contributed by atoms with van der Waals surface area (Å²) in [5, 5.41) is 12.6. The van der Waals surface area contributed by atoms with Crippen LogP contribution < -0.4 is 10.1 Å². The molecule has 1 aliphatic carbocycles. The summed E-state index contributed by atoms with van der Waals surface area (Å²) in [6.45, 7) is 0. The quantitative estimate of drug-likeness (QED) is 0.361. The number of carboxylic acids is 1. The third-order valence-electron chi connectivity index (χ3n) is 5.98. The number of carbonyl (C=O) groups excluding carboxylic acids is 1. The lowest BCUT2D eigenvalue weighted by Gasteiger charge is -2.15. The number of rotatable bonds is 5. The average Bonchev–Trinajstić information content (AvgIpc) is 3.21. The summed E-state index contributed by atoms with van der Waals surface area (Å²) in [7, 11) is 1.58. The van der Waals surface area contributed by atoms with Crippen molar-refractivity contribution in [2.24, 2.45) is 0 Å². The van der Waals surface area contributed by atoms with E-state index in [1.165, 1.54) is 11.6 Å². The first-order chi connectivity index (χ1) is 16.1. The molecule has 1 aliphatic rings. The molecule has 1 amide bonds. The van der Waals surface area contributed by atoms with E-state index in [1.54, 1.807) is 49.6 Å². The molecule has 0 fully saturated rings. The molecule has 0 unspecified atom stereocenters. The first kappa shape index (κ1) is 20.5. The van der Waals surface area contributed by atoms with E-state index in [0.717, 1.165) is 23.1 Å². The van der Waals surface area contributed by atoms with Gasteiger partial charge in [0.15, 0.2) is 0 Å². The fourth-order valence-electron chi connectivity index (χ4n) is 4.44. The lowest BCUT2D eigenvalue weighted by Crippen LogP contribution is -2.14. The highest BCUT2D eigenvalue weighted by Crippen LogP contribution is 2.42. The number of hydrogen-bond donors (Lipinski definition) is 2. The van der Waals surface area contributed by atoms with Gasteiger partial charge in [-0.2, -0.15) is 0 Å². The molecule has 0 radical (unpaired) electrons. The molecule has 33 heavy (non-hydrogen) atoms. The number of benzene rings is 4. The molecular formula is C28H21NO4. The third kappa shape index (κ3) is 3.64. The third-order valence-corrected chi connectivity index (χ3v) is 5.98. The molecule has 0 heterocycles. The summed E-state index contributed by atoms with van der Waals surface area (Å²) in [5.74, 6) is -0.798. The van der Waals surface area contributed by atoms with Crippen molar-refractivity contribution in [2.75, 3.05) is 12.4 Å². The Morgan fingerprint density at radius 1 is 0.758 bits per heavy atom. The molecule has 2 N–H and O–H groups in total. The van der Waals surface area contributed by atoms with E-state index in [0.29, 0.717) is 28.1 Å². The topological polar surface area (TPSA) is 75.6 Å². The minimum Gasteiger partial charge on any atom is -0.495 e. The molecule has 5 rings (SSSR count). The summed E-state index contributed by atoms with van der Waals surface area (Å²) in [5.41, 5.74) is 6.77. The summed E-state index contributed by atoms with van der Waals surface area (Å²) in [4.78, 5) is 25.1. The van der Waals surface area contributed by atoms with Crippen LogP contribution in [0, 0.1) is 0 Å². The van der Waals surface area contributed by atoms with Gasteiger partial charge in [0.2, 0.25) is 0 Å². The number of aromatic carboxylic acids is 1. The Labute approximate surface area is 191 Å². The zero-order valence-corrected chi connectivity index (χ0v) is 18.0. The number of carbonyl (C=O) groups is 2. The second-order valence-electron chi connectivity index (χ2n) is 7.89. The maximum Gasteiger partial charge on any atom is 0.336 e. The lowest BCUT2D eigenvalue weighted by atomic mass is 9.95. The van der Waals surface area contributed by atoms with Crippen LogP contribution in [0.15, 0.2) is 84.9 Å². The van der Waals surface area contributed by atoms with Crippen molar-refractivity contribution in [3.05, 3.63) is 107 Å². The number of hydrogen-bond acceptors (Lipinski definition) is 3. The van der Waals surface area contributed by atoms with Crippen LogP contribution in [-0.2, 0) is 6.42 Å². The van der Waals surface area contributed by atoms with E-state index in [4.69, 9.17) is 4.74 Å². The fraction of sp³-hybridized carbons (Fsp3) is 0.0714. The van der Waals surface area contributed by atoms with Crippen molar-refractivity contribution < 1.29 is 19.4 Å². The van der Waals surface area contributed by atoms with Gasteiger partial charge in [0.05, 0.1) is 18.4 Å². The smallest absolute Gasteiger partial charge is 0.336 e. The Bertz CT molecular complexity index is 1410. The number of nitrogens with one attached hydrogen (secondary N) is 1. The molecular weight excluding hydrogens is 414 g/mol. The van der Waals surface area contributed by atoms with Crippen molar-refractivity contribution in [1.82, 2.24) is 0 Å². The summed E-state index contributed by atoms with van der Waals surface area (Å²) in [6, 6.07) is 25.8. The van der Waals surface area contributed by atoms with Gasteiger partial charge < -0.3 is 15.2 Å². The highest BCUT2D eigenvalue weighted by atomic mass is 16.5. The van der Waals surface area contributed by atoms with E-state index < -0.39 is 5.97 Å². The van der Waals surface area contributed by atoms with Gasteiger partial charge in [0.1, 0.15) is 5.75 Å². The van der Waals surface area contributed by atoms with Crippen molar-refractivity contribution in [1.29, 1.82) is 0 Å². The number of amides is 1. The normalized spacial score (nSPS) is 11.4. The van der Waals surface area contributed by atoms with Gasteiger partial charge in [-0.05, 0) is 64.1 Å². The summed E-state index contributed by atoms with van der Waals surface area (Å²) >= 11 is 0. The van der Waals surface area contributed by atoms with Crippen LogP contribution in [-0.4, -0.2) is 24.1 Å². The second kappa shape index (κ2) is 8.28. The summed E-state index contributed by atoms with van der Waals surface area (Å²) < 4.78 is 5.58. The molecule has 0 spiro atoms. The molecule has 0 aromatic heterocycles. The predicted molar refractivity (Wildman–Crippen MR) is 128 cm³/mol. The fourth-order valence-corrected chi connectivity index (χ4v) is 4.44. The Morgan fingerprint density at radius 3 is 2.06 bits per heavy atom. The van der Waals surface area contributed by atoms with Crippen LogP contribution in [0.5, 0.6) is 5.75 Å². The van der Waals surface area contributed by atoms with Crippen molar-refractivity contribution in [3.63, 3.8) is 0 Å². The Kier molecular flexibility index (Phi) is 5.15. The van der Waals surface area contributed by atoms with E-state index >= 15 is 0 Å².